The zero-order chi connectivity index (χ0) is 23.7. The fourth-order valence-electron chi connectivity index (χ4n) is 4.27. The number of Topliss-reactive ketones (excluding diaryl/α,β-unsaturated/α-hetero) is 2. The van der Waals surface area contributed by atoms with Gasteiger partial charge < -0.3 is 9.84 Å². The summed E-state index contributed by atoms with van der Waals surface area (Å²) in [5.41, 5.74) is 0.654. The minimum absolute atomic E-state index is 0.00104. The summed E-state index contributed by atoms with van der Waals surface area (Å²) in [6, 6.07) is 10.1. The second-order valence-electron chi connectivity index (χ2n) is 8.26. The van der Waals surface area contributed by atoms with Crippen molar-refractivity contribution in [2.24, 2.45) is 5.92 Å². The summed E-state index contributed by atoms with van der Waals surface area (Å²) in [7, 11) is 0. The predicted molar refractivity (Wildman–Crippen MR) is 117 cm³/mol. The van der Waals surface area contributed by atoms with Gasteiger partial charge in [-0.15, -0.1) is 0 Å². The van der Waals surface area contributed by atoms with Gasteiger partial charge in [0.1, 0.15) is 16.9 Å². The second-order valence-corrected chi connectivity index (χ2v) is 9.41. The van der Waals surface area contributed by atoms with Crippen LogP contribution in [-0.2, 0) is 25.7 Å². The van der Waals surface area contributed by atoms with E-state index in [1.54, 1.807) is 41.6 Å². The van der Waals surface area contributed by atoms with Gasteiger partial charge >= 0.3 is 5.97 Å². The van der Waals surface area contributed by atoms with Crippen molar-refractivity contribution < 1.29 is 33.0 Å². The van der Waals surface area contributed by atoms with Crippen molar-refractivity contribution in [1.82, 2.24) is 4.31 Å². The van der Waals surface area contributed by atoms with Gasteiger partial charge in [0, 0.05) is 24.6 Å². The van der Waals surface area contributed by atoms with E-state index < -0.39 is 52.3 Å². The molecule has 0 bridgehead atoms. The number of ketones is 2. The number of hydrogen-bond acceptors (Lipinski definition) is 6. The third-order valence-electron chi connectivity index (χ3n) is 6.20. The fraction of sp³-hybridized carbons (Fsp3) is 0.375. The summed E-state index contributed by atoms with van der Waals surface area (Å²) in [4.78, 5) is 36.7. The van der Waals surface area contributed by atoms with Crippen molar-refractivity contribution in [2.75, 3.05) is 13.2 Å². The number of rotatable bonds is 5. The lowest BCUT2D eigenvalue weighted by Gasteiger charge is -2.35. The molecule has 0 unspecified atom stereocenters. The number of carboxylic acids is 1. The quantitative estimate of drug-likeness (QED) is 0.519. The summed E-state index contributed by atoms with van der Waals surface area (Å²) in [6.07, 6.45) is 0.224. The summed E-state index contributed by atoms with van der Waals surface area (Å²) in [5, 5.41) is 8.70. The summed E-state index contributed by atoms with van der Waals surface area (Å²) < 4.78 is 37.0. The van der Waals surface area contributed by atoms with Crippen LogP contribution in [-0.4, -0.2) is 46.2 Å². The van der Waals surface area contributed by atoms with E-state index >= 15 is 8.78 Å². The SMILES string of the molecule is C[C@H]1C(=O)C(=O)[C@@H](c2ccccc2)SN1Cc1cc(F)c([C@H]2COCC[C@@H]2C(=O)O)cc1F. The van der Waals surface area contributed by atoms with Crippen LogP contribution in [0.3, 0.4) is 0 Å². The minimum atomic E-state index is -1.07. The maximum Gasteiger partial charge on any atom is 0.307 e. The molecule has 4 atom stereocenters. The molecule has 2 aromatic rings. The topological polar surface area (TPSA) is 83.9 Å². The molecule has 0 saturated carbocycles. The van der Waals surface area contributed by atoms with Crippen LogP contribution < -0.4 is 0 Å². The average Bonchev–Trinajstić information content (AvgIpc) is 2.82. The minimum Gasteiger partial charge on any atom is -0.481 e. The lowest BCUT2D eigenvalue weighted by Crippen LogP contribution is -2.45. The zero-order valence-corrected chi connectivity index (χ0v) is 18.7. The molecule has 9 heteroatoms. The van der Waals surface area contributed by atoms with Gasteiger partial charge in [0.2, 0.25) is 11.6 Å². The number of ether oxygens (including phenoxy) is 1. The van der Waals surface area contributed by atoms with Crippen molar-refractivity contribution in [3.05, 3.63) is 70.8 Å². The molecule has 0 spiro atoms. The van der Waals surface area contributed by atoms with Gasteiger partial charge in [-0.2, -0.15) is 0 Å². The van der Waals surface area contributed by atoms with Crippen molar-refractivity contribution in [1.29, 1.82) is 0 Å². The van der Waals surface area contributed by atoms with Crippen LogP contribution in [0.2, 0.25) is 0 Å². The van der Waals surface area contributed by atoms with E-state index in [0.717, 1.165) is 24.1 Å². The molecule has 174 valence electrons. The first-order valence-electron chi connectivity index (χ1n) is 10.6. The van der Waals surface area contributed by atoms with E-state index in [1.807, 2.05) is 0 Å². The highest BCUT2D eigenvalue weighted by Crippen LogP contribution is 2.40. The van der Waals surface area contributed by atoms with Crippen molar-refractivity contribution in [2.45, 2.75) is 37.1 Å². The van der Waals surface area contributed by atoms with Gasteiger partial charge in [-0.05, 0) is 36.6 Å². The number of halogens is 2. The molecule has 2 saturated heterocycles. The van der Waals surface area contributed by atoms with E-state index in [9.17, 15) is 19.5 Å². The standard InChI is InChI=1S/C24H23F2NO5S/c1-13-21(28)22(29)23(14-5-3-2-4-6-14)33-27(13)11-15-9-20(26)17(10-19(15)25)18-12-32-8-7-16(18)24(30)31/h2-6,9-10,13,16,18,23H,7-8,11-12H2,1H3,(H,30,31)/t13-,16-,18-,23+/m0/s1. The van der Waals surface area contributed by atoms with E-state index in [2.05, 4.69) is 0 Å². The van der Waals surface area contributed by atoms with E-state index in [0.29, 0.717) is 5.56 Å². The molecule has 2 aliphatic rings. The van der Waals surface area contributed by atoms with Crippen LogP contribution in [0.15, 0.2) is 42.5 Å². The van der Waals surface area contributed by atoms with Gasteiger partial charge in [-0.1, -0.05) is 42.3 Å². The summed E-state index contributed by atoms with van der Waals surface area (Å²) >= 11 is 1.13. The Morgan fingerprint density at radius 1 is 1.15 bits per heavy atom. The first-order valence-corrected chi connectivity index (χ1v) is 11.5. The summed E-state index contributed by atoms with van der Waals surface area (Å²) in [5.74, 6) is -5.23. The molecular weight excluding hydrogens is 452 g/mol. The van der Waals surface area contributed by atoms with Crippen LogP contribution in [0, 0.1) is 17.6 Å². The largest absolute Gasteiger partial charge is 0.481 e. The highest BCUT2D eigenvalue weighted by Gasteiger charge is 2.41. The Bertz CT molecular complexity index is 1080. The van der Waals surface area contributed by atoms with Crippen LogP contribution in [0.5, 0.6) is 0 Å². The molecular formula is C24H23F2NO5S. The highest BCUT2D eigenvalue weighted by molar-refractivity contribution is 7.98. The van der Waals surface area contributed by atoms with Crippen LogP contribution in [0.25, 0.3) is 0 Å². The second kappa shape index (κ2) is 9.70. The van der Waals surface area contributed by atoms with Gasteiger partial charge in [0.15, 0.2) is 0 Å². The van der Waals surface area contributed by atoms with E-state index in [-0.39, 0.29) is 37.3 Å². The molecule has 4 rings (SSSR count). The Morgan fingerprint density at radius 3 is 2.58 bits per heavy atom. The average molecular weight is 476 g/mol. The van der Waals surface area contributed by atoms with E-state index in [1.165, 1.54) is 0 Å². The normalized spacial score (nSPS) is 26.4. The first kappa shape index (κ1) is 23.5. The number of carbonyl (C=O) groups excluding carboxylic acids is 2. The fourth-order valence-corrected chi connectivity index (χ4v) is 5.52. The number of aliphatic carboxylic acids is 1. The summed E-state index contributed by atoms with van der Waals surface area (Å²) in [6.45, 7) is 1.73. The van der Waals surface area contributed by atoms with Crippen LogP contribution in [0.1, 0.15) is 41.2 Å². The molecule has 33 heavy (non-hydrogen) atoms. The Balaban J connectivity index is 1.59. The molecule has 0 amide bonds. The lowest BCUT2D eigenvalue weighted by molar-refractivity contribution is -0.146. The first-order chi connectivity index (χ1) is 15.8. The highest BCUT2D eigenvalue weighted by atomic mass is 32.2. The monoisotopic (exact) mass is 475 g/mol. The predicted octanol–water partition coefficient (Wildman–Crippen LogP) is 3.90. The molecule has 6 nitrogen and oxygen atoms in total. The van der Waals surface area contributed by atoms with E-state index in [4.69, 9.17) is 4.74 Å². The number of hydrogen-bond donors (Lipinski definition) is 1. The molecule has 2 aromatic carbocycles. The van der Waals surface area contributed by atoms with Crippen molar-refractivity contribution >= 4 is 29.5 Å². The Labute approximate surface area is 194 Å². The number of benzene rings is 2. The smallest absolute Gasteiger partial charge is 0.307 e. The van der Waals surface area contributed by atoms with Gasteiger partial charge in [0.25, 0.3) is 0 Å². The van der Waals surface area contributed by atoms with Gasteiger partial charge in [-0.3, -0.25) is 14.4 Å². The maximum atomic E-state index is 15.0. The van der Waals surface area contributed by atoms with Crippen LogP contribution >= 0.6 is 11.9 Å². The Morgan fingerprint density at radius 2 is 1.88 bits per heavy atom. The third-order valence-corrected chi connectivity index (χ3v) is 7.61. The van der Waals surface area contributed by atoms with Gasteiger partial charge in [0.05, 0.1) is 18.6 Å². The zero-order valence-electron chi connectivity index (χ0n) is 17.9. The van der Waals surface area contributed by atoms with Crippen molar-refractivity contribution in [3.63, 3.8) is 0 Å². The number of carbonyl (C=O) groups is 3. The number of carboxylic acid groups (broad SMARTS) is 1. The maximum absolute atomic E-state index is 15.0. The number of nitrogens with zero attached hydrogens (tertiary/aromatic N) is 1. The third kappa shape index (κ3) is 4.71. The molecule has 2 fully saturated rings. The Hall–Kier alpha value is -2.62. The van der Waals surface area contributed by atoms with Crippen LogP contribution in [0.4, 0.5) is 8.78 Å². The molecule has 0 aliphatic carbocycles. The molecule has 0 aromatic heterocycles. The molecule has 2 heterocycles. The van der Waals surface area contributed by atoms with Gasteiger partial charge in [-0.25, -0.2) is 13.1 Å². The molecule has 1 N–H and O–H groups in total. The van der Waals surface area contributed by atoms with Crippen molar-refractivity contribution in [3.8, 4) is 0 Å². The Kier molecular flexibility index (Phi) is 6.92. The molecule has 2 aliphatic heterocycles. The molecule has 0 radical (unpaired) electrons. The lowest BCUT2D eigenvalue weighted by atomic mass is 9.82.